The summed E-state index contributed by atoms with van der Waals surface area (Å²) in [4.78, 5) is 27.8. The zero-order chi connectivity index (χ0) is 26.2. The van der Waals surface area contributed by atoms with E-state index in [1.54, 1.807) is 6.92 Å². The maximum atomic E-state index is 13.8. The first-order chi connectivity index (χ1) is 16.5. The van der Waals surface area contributed by atoms with Crippen LogP contribution in [0.5, 0.6) is 0 Å². The third-order valence-corrected chi connectivity index (χ3v) is 6.66. The van der Waals surface area contributed by atoms with Crippen molar-refractivity contribution in [3.8, 4) is 0 Å². The summed E-state index contributed by atoms with van der Waals surface area (Å²) in [5.41, 5.74) is 1.56. The van der Waals surface area contributed by atoms with Gasteiger partial charge in [0.15, 0.2) is 11.6 Å². The largest absolute Gasteiger partial charge is 0.354 e. The molecule has 2 rings (SSSR count). The molecule has 0 aliphatic carbocycles. The standard InChI is InChI=1S/C25H33F2N3O4S/c1-5-7-13-28-25(32)23(6-2)29(16-19-10-8-9-18(3)14-19)24(31)17-30(35(4,33)34)20-11-12-21(26)22(27)15-20/h8-12,14-15,23H,5-7,13,16-17H2,1-4H3,(H,28,32)/t23-/m1/s1. The van der Waals surface area contributed by atoms with Crippen LogP contribution in [-0.2, 0) is 26.2 Å². The summed E-state index contributed by atoms with van der Waals surface area (Å²) in [7, 11) is -4.03. The Morgan fingerprint density at radius 1 is 1.06 bits per heavy atom. The quantitative estimate of drug-likeness (QED) is 0.442. The normalized spacial score (nSPS) is 12.2. The molecular weight excluding hydrogens is 476 g/mol. The molecule has 0 aliphatic heterocycles. The van der Waals surface area contributed by atoms with Gasteiger partial charge >= 0.3 is 0 Å². The fraction of sp³-hybridized carbons (Fsp3) is 0.440. The van der Waals surface area contributed by atoms with Gasteiger partial charge in [-0.2, -0.15) is 0 Å². The van der Waals surface area contributed by atoms with E-state index in [9.17, 15) is 26.8 Å². The van der Waals surface area contributed by atoms with Crippen molar-refractivity contribution >= 4 is 27.5 Å². The average molecular weight is 510 g/mol. The molecule has 0 aliphatic rings. The van der Waals surface area contributed by atoms with E-state index in [1.165, 1.54) is 4.90 Å². The minimum absolute atomic E-state index is 0.0790. The Labute approximate surface area is 206 Å². The van der Waals surface area contributed by atoms with Crippen molar-refractivity contribution in [2.75, 3.05) is 23.7 Å². The Morgan fingerprint density at radius 2 is 1.77 bits per heavy atom. The summed E-state index contributed by atoms with van der Waals surface area (Å²) in [5, 5.41) is 2.84. The maximum Gasteiger partial charge on any atom is 0.244 e. The van der Waals surface area contributed by atoms with Crippen LogP contribution in [0.25, 0.3) is 0 Å². The molecule has 0 spiro atoms. The van der Waals surface area contributed by atoms with Gasteiger partial charge in [-0.05, 0) is 37.5 Å². The number of carbonyl (C=O) groups is 2. The van der Waals surface area contributed by atoms with Crippen molar-refractivity contribution in [1.29, 1.82) is 0 Å². The number of rotatable bonds is 12. The number of halogens is 2. The highest BCUT2D eigenvalue weighted by Crippen LogP contribution is 2.22. The van der Waals surface area contributed by atoms with Gasteiger partial charge in [-0.1, -0.05) is 50.1 Å². The fourth-order valence-corrected chi connectivity index (χ4v) is 4.53. The molecule has 2 amide bonds. The predicted molar refractivity (Wildman–Crippen MR) is 132 cm³/mol. The SMILES string of the molecule is CCCCNC(=O)[C@@H](CC)N(Cc1cccc(C)c1)C(=O)CN(c1ccc(F)c(F)c1)S(C)(=O)=O. The van der Waals surface area contributed by atoms with Crippen LogP contribution in [0, 0.1) is 18.6 Å². The summed E-state index contributed by atoms with van der Waals surface area (Å²) >= 11 is 0. The second kappa shape index (κ2) is 12.6. The molecule has 2 aromatic carbocycles. The van der Waals surface area contributed by atoms with E-state index in [4.69, 9.17) is 0 Å². The molecule has 7 nitrogen and oxygen atoms in total. The van der Waals surface area contributed by atoms with Crippen molar-refractivity contribution in [2.24, 2.45) is 0 Å². The molecule has 0 saturated carbocycles. The number of nitrogens with zero attached hydrogens (tertiary/aromatic N) is 2. The number of hydrogen-bond donors (Lipinski definition) is 1. The topological polar surface area (TPSA) is 86.8 Å². The van der Waals surface area contributed by atoms with Crippen molar-refractivity contribution < 1.29 is 26.8 Å². The molecule has 0 aromatic heterocycles. The van der Waals surface area contributed by atoms with Gasteiger partial charge in [0.05, 0.1) is 11.9 Å². The fourth-order valence-electron chi connectivity index (χ4n) is 3.69. The molecule has 0 saturated heterocycles. The monoisotopic (exact) mass is 509 g/mol. The van der Waals surface area contributed by atoms with Crippen LogP contribution in [-0.4, -0.2) is 50.5 Å². The van der Waals surface area contributed by atoms with Crippen LogP contribution in [0.15, 0.2) is 42.5 Å². The lowest BCUT2D eigenvalue weighted by Gasteiger charge is -2.33. The number of anilines is 1. The summed E-state index contributed by atoms with van der Waals surface area (Å²) in [6.07, 6.45) is 2.85. The van der Waals surface area contributed by atoms with Crippen molar-refractivity contribution in [3.05, 3.63) is 65.2 Å². The number of aryl methyl sites for hydroxylation is 1. The Hall–Kier alpha value is -3.01. The van der Waals surface area contributed by atoms with Gasteiger partial charge < -0.3 is 10.2 Å². The number of carbonyl (C=O) groups excluding carboxylic acids is 2. The number of unbranched alkanes of at least 4 members (excludes halogenated alkanes) is 1. The van der Waals surface area contributed by atoms with Gasteiger partial charge in [0, 0.05) is 19.2 Å². The van der Waals surface area contributed by atoms with E-state index in [2.05, 4.69) is 5.32 Å². The van der Waals surface area contributed by atoms with E-state index < -0.39 is 40.2 Å². The molecule has 2 aromatic rings. The number of hydrogen-bond acceptors (Lipinski definition) is 4. The lowest BCUT2D eigenvalue weighted by atomic mass is 10.1. The smallest absolute Gasteiger partial charge is 0.244 e. The number of sulfonamides is 1. The van der Waals surface area contributed by atoms with Gasteiger partial charge in [0.25, 0.3) is 0 Å². The van der Waals surface area contributed by atoms with E-state index >= 15 is 0 Å². The molecule has 0 fully saturated rings. The average Bonchev–Trinajstić information content (AvgIpc) is 2.78. The number of nitrogens with one attached hydrogen (secondary N) is 1. The highest BCUT2D eigenvalue weighted by atomic mass is 32.2. The lowest BCUT2D eigenvalue weighted by molar-refractivity contribution is -0.140. The Morgan fingerprint density at radius 3 is 2.34 bits per heavy atom. The molecule has 0 unspecified atom stereocenters. The highest BCUT2D eigenvalue weighted by molar-refractivity contribution is 7.92. The first-order valence-corrected chi connectivity index (χ1v) is 13.4. The summed E-state index contributed by atoms with van der Waals surface area (Å²) in [6.45, 7) is 5.53. The van der Waals surface area contributed by atoms with Crippen molar-refractivity contribution in [3.63, 3.8) is 0 Å². The number of amides is 2. The first-order valence-electron chi connectivity index (χ1n) is 11.5. The molecule has 1 atom stereocenters. The Kier molecular flexibility index (Phi) is 10.2. The highest BCUT2D eigenvalue weighted by Gasteiger charge is 2.31. The Bertz CT molecular complexity index is 1140. The van der Waals surface area contributed by atoms with Gasteiger partial charge in [-0.15, -0.1) is 0 Å². The number of benzene rings is 2. The minimum Gasteiger partial charge on any atom is -0.354 e. The zero-order valence-electron chi connectivity index (χ0n) is 20.6. The van der Waals surface area contributed by atoms with Crippen LogP contribution >= 0.6 is 0 Å². The lowest BCUT2D eigenvalue weighted by Crippen LogP contribution is -2.52. The van der Waals surface area contributed by atoms with Crippen LogP contribution in [0.4, 0.5) is 14.5 Å². The maximum absolute atomic E-state index is 13.8. The van der Waals surface area contributed by atoms with Gasteiger partial charge in [-0.25, -0.2) is 17.2 Å². The van der Waals surface area contributed by atoms with Gasteiger partial charge in [-0.3, -0.25) is 13.9 Å². The second-order valence-electron chi connectivity index (χ2n) is 8.45. The molecule has 0 radical (unpaired) electrons. The minimum atomic E-state index is -4.03. The summed E-state index contributed by atoms with van der Waals surface area (Å²) in [6, 6.07) is 9.21. The van der Waals surface area contributed by atoms with E-state index in [-0.39, 0.29) is 18.1 Å². The van der Waals surface area contributed by atoms with E-state index in [0.29, 0.717) is 17.3 Å². The van der Waals surface area contributed by atoms with E-state index in [0.717, 1.165) is 48.4 Å². The summed E-state index contributed by atoms with van der Waals surface area (Å²) in [5.74, 6) is -3.34. The third kappa shape index (κ3) is 8.02. The van der Waals surface area contributed by atoms with Crippen LogP contribution in [0.1, 0.15) is 44.2 Å². The molecule has 0 heterocycles. The predicted octanol–water partition coefficient (Wildman–Crippen LogP) is 3.76. The molecule has 0 bridgehead atoms. The molecule has 1 N–H and O–H groups in total. The van der Waals surface area contributed by atoms with Crippen LogP contribution in [0.3, 0.4) is 0 Å². The van der Waals surface area contributed by atoms with Crippen molar-refractivity contribution in [2.45, 2.75) is 52.6 Å². The van der Waals surface area contributed by atoms with Gasteiger partial charge in [0.2, 0.25) is 21.8 Å². The summed E-state index contributed by atoms with van der Waals surface area (Å²) < 4.78 is 53.0. The van der Waals surface area contributed by atoms with Crippen LogP contribution < -0.4 is 9.62 Å². The van der Waals surface area contributed by atoms with Crippen LogP contribution in [0.2, 0.25) is 0 Å². The Balaban J connectivity index is 2.42. The third-order valence-electron chi connectivity index (χ3n) is 5.52. The van der Waals surface area contributed by atoms with Gasteiger partial charge in [0.1, 0.15) is 12.6 Å². The molecule has 10 heteroatoms. The first kappa shape index (κ1) is 28.2. The molecular formula is C25H33F2N3O4S. The second-order valence-corrected chi connectivity index (χ2v) is 10.4. The zero-order valence-corrected chi connectivity index (χ0v) is 21.4. The molecule has 192 valence electrons. The van der Waals surface area contributed by atoms with Crippen molar-refractivity contribution in [1.82, 2.24) is 10.2 Å². The van der Waals surface area contributed by atoms with E-state index in [1.807, 2.05) is 38.1 Å². The molecule has 35 heavy (non-hydrogen) atoms.